The summed E-state index contributed by atoms with van der Waals surface area (Å²) < 4.78 is 49.5. The first-order chi connectivity index (χ1) is 9.66. The fourth-order valence-corrected chi connectivity index (χ4v) is 6.22. The van der Waals surface area contributed by atoms with Gasteiger partial charge >= 0.3 is 0 Å². The van der Waals surface area contributed by atoms with Gasteiger partial charge in [-0.05, 0) is 30.4 Å². The lowest BCUT2D eigenvalue weighted by atomic mass is 10.1. The highest BCUT2D eigenvalue weighted by Crippen LogP contribution is 2.39. The van der Waals surface area contributed by atoms with Gasteiger partial charge in [-0.2, -0.15) is 0 Å². The van der Waals surface area contributed by atoms with E-state index in [1.165, 1.54) is 12.2 Å². The van der Waals surface area contributed by atoms with Gasteiger partial charge in [0.05, 0.1) is 0 Å². The molecule has 0 saturated heterocycles. The Morgan fingerprint density at radius 1 is 1.00 bits per heavy atom. The van der Waals surface area contributed by atoms with Crippen LogP contribution in [0.1, 0.15) is 6.42 Å². The maximum Gasteiger partial charge on any atom is 0.258 e. The van der Waals surface area contributed by atoms with E-state index in [9.17, 15) is 16.8 Å². The Bertz CT molecular complexity index is 763. The Hall–Kier alpha value is -1.02. The minimum atomic E-state index is -4.48. The molecule has 0 amide bonds. The van der Waals surface area contributed by atoms with E-state index in [2.05, 4.69) is 0 Å². The normalized spacial score (nSPS) is 18.1. The van der Waals surface area contributed by atoms with Crippen molar-refractivity contribution >= 4 is 39.5 Å². The van der Waals surface area contributed by atoms with E-state index in [0.717, 1.165) is 6.08 Å². The van der Waals surface area contributed by atoms with Gasteiger partial charge in [-0.15, -0.1) is 0 Å². The second-order valence-corrected chi connectivity index (χ2v) is 10.2. The predicted molar refractivity (Wildman–Crippen MR) is 81.2 cm³/mol. The molecule has 2 rings (SSSR count). The molecule has 9 heteroatoms. The van der Waals surface area contributed by atoms with Gasteiger partial charge in [0.2, 0.25) is 4.08 Å². The molecular formula is C12H10Cl2O5S2. The van der Waals surface area contributed by atoms with Crippen LogP contribution in [-0.2, 0) is 18.1 Å². The van der Waals surface area contributed by atoms with Crippen LogP contribution in [0.5, 0.6) is 5.75 Å². The Morgan fingerprint density at radius 3 is 2.00 bits per heavy atom. The summed E-state index contributed by atoms with van der Waals surface area (Å²) in [6.07, 6.45) is 3.03. The zero-order chi connectivity index (χ0) is 15.7. The highest BCUT2D eigenvalue weighted by Gasteiger charge is 2.52. The number of halogens is 2. The van der Waals surface area contributed by atoms with E-state index in [0.29, 0.717) is 11.5 Å². The molecule has 0 bridgehead atoms. The number of hydrogen-bond donors (Lipinski definition) is 0. The predicted octanol–water partition coefficient (Wildman–Crippen LogP) is 2.74. The Labute approximate surface area is 131 Å². The third-order valence-electron chi connectivity index (χ3n) is 2.89. The minimum absolute atomic E-state index is 0.303. The Kier molecular flexibility index (Phi) is 4.39. The number of allylic oxidation sites excluding steroid dienone is 2. The zero-order valence-electron chi connectivity index (χ0n) is 10.4. The molecule has 1 aromatic rings. The first kappa shape index (κ1) is 16.4. The van der Waals surface area contributed by atoms with Gasteiger partial charge in [-0.3, -0.25) is 0 Å². The van der Waals surface area contributed by atoms with Crippen molar-refractivity contribution in [1.82, 2.24) is 0 Å². The number of rotatable bonds is 4. The molecule has 1 aromatic carbocycles. The topological polar surface area (TPSA) is 77.5 Å². The van der Waals surface area contributed by atoms with Crippen molar-refractivity contribution in [3.8, 4) is 5.75 Å². The summed E-state index contributed by atoms with van der Waals surface area (Å²) in [6.45, 7) is 0. The van der Waals surface area contributed by atoms with Gasteiger partial charge in [-0.25, -0.2) is 16.8 Å². The smallest absolute Gasteiger partial charge is 0.258 e. The summed E-state index contributed by atoms with van der Waals surface area (Å²) in [5.41, 5.74) is 0. The fourth-order valence-electron chi connectivity index (χ4n) is 1.77. The maximum atomic E-state index is 11.6. The molecule has 0 unspecified atom stereocenters. The molecule has 0 heterocycles. The van der Waals surface area contributed by atoms with Crippen molar-refractivity contribution in [1.29, 1.82) is 0 Å². The van der Waals surface area contributed by atoms with Crippen LogP contribution in [0.3, 0.4) is 0 Å². The van der Waals surface area contributed by atoms with Gasteiger partial charge in [-0.1, -0.05) is 18.2 Å². The highest BCUT2D eigenvalue weighted by atomic mass is 35.7. The van der Waals surface area contributed by atoms with E-state index in [1.807, 2.05) is 6.07 Å². The van der Waals surface area contributed by atoms with Crippen LogP contribution >= 0.6 is 21.4 Å². The molecule has 0 atom stereocenters. The van der Waals surface area contributed by atoms with Crippen molar-refractivity contribution in [2.45, 2.75) is 10.5 Å². The summed E-state index contributed by atoms with van der Waals surface area (Å²) in [5.74, 6) is 0.834. The Morgan fingerprint density at radius 2 is 1.57 bits per heavy atom. The number of hydrogen-bond acceptors (Lipinski definition) is 5. The van der Waals surface area contributed by atoms with Gasteiger partial charge < -0.3 is 4.74 Å². The van der Waals surface area contributed by atoms with Crippen molar-refractivity contribution in [3.05, 3.63) is 54.3 Å². The van der Waals surface area contributed by atoms with Crippen molar-refractivity contribution < 1.29 is 21.6 Å². The van der Waals surface area contributed by atoms with Crippen LogP contribution in [0.25, 0.3) is 0 Å². The summed E-state index contributed by atoms with van der Waals surface area (Å²) in [6, 6.07) is 8.74. The van der Waals surface area contributed by atoms with E-state index in [-0.39, 0.29) is 0 Å². The minimum Gasteiger partial charge on any atom is -0.458 e. The molecule has 0 fully saturated rings. The van der Waals surface area contributed by atoms with Crippen LogP contribution in [-0.4, -0.2) is 20.9 Å². The molecule has 0 saturated carbocycles. The molecule has 0 aliphatic heterocycles. The van der Waals surface area contributed by atoms with Crippen LogP contribution in [0.15, 0.2) is 54.3 Å². The van der Waals surface area contributed by atoms with Gasteiger partial charge in [0.25, 0.3) is 18.1 Å². The Balaban J connectivity index is 2.31. The maximum absolute atomic E-state index is 11.6. The summed E-state index contributed by atoms with van der Waals surface area (Å²) in [4.78, 5) is 0. The molecule has 0 radical (unpaired) electrons. The van der Waals surface area contributed by atoms with Gasteiger partial charge in [0.15, 0.2) is 0 Å². The first-order valence-electron chi connectivity index (χ1n) is 5.66. The molecule has 114 valence electrons. The fraction of sp³-hybridized carbons (Fsp3) is 0.167. The van der Waals surface area contributed by atoms with Crippen molar-refractivity contribution in [2.75, 3.05) is 0 Å². The van der Waals surface area contributed by atoms with Gasteiger partial charge in [0.1, 0.15) is 11.5 Å². The molecule has 21 heavy (non-hydrogen) atoms. The molecule has 1 aliphatic carbocycles. The monoisotopic (exact) mass is 368 g/mol. The second kappa shape index (κ2) is 5.64. The summed E-state index contributed by atoms with van der Waals surface area (Å²) >= 11 is 0. The average molecular weight is 369 g/mol. The lowest BCUT2D eigenvalue weighted by molar-refractivity contribution is 0.438. The van der Waals surface area contributed by atoms with Crippen LogP contribution < -0.4 is 4.74 Å². The standard InChI is InChI=1S/C12H10Cl2O5S2/c13-20(15,16)12(21(14,17)18)8-6-11(7-9-12)19-10-4-2-1-3-5-10/h1-8H,9H2. The first-order valence-corrected chi connectivity index (χ1v) is 10.3. The third kappa shape index (κ3) is 3.26. The lowest BCUT2D eigenvalue weighted by Crippen LogP contribution is -2.40. The molecule has 0 N–H and O–H groups in total. The van der Waals surface area contributed by atoms with Crippen LogP contribution in [0.2, 0.25) is 0 Å². The summed E-state index contributed by atoms with van der Waals surface area (Å²) in [5, 5.41) is 0. The number of benzene rings is 1. The molecule has 5 nitrogen and oxygen atoms in total. The molecule has 1 aliphatic rings. The summed E-state index contributed by atoms with van der Waals surface area (Å²) in [7, 11) is 1.54. The number of para-hydroxylation sites is 1. The molecule has 0 spiro atoms. The molecular weight excluding hydrogens is 359 g/mol. The van der Waals surface area contributed by atoms with E-state index in [4.69, 9.17) is 26.1 Å². The van der Waals surface area contributed by atoms with Gasteiger partial charge in [0, 0.05) is 27.8 Å². The van der Waals surface area contributed by atoms with Crippen LogP contribution in [0, 0.1) is 0 Å². The average Bonchev–Trinajstić information content (AvgIpc) is 2.38. The van der Waals surface area contributed by atoms with E-state index in [1.54, 1.807) is 24.3 Å². The molecule has 0 aromatic heterocycles. The van der Waals surface area contributed by atoms with Crippen molar-refractivity contribution in [3.63, 3.8) is 0 Å². The zero-order valence-corrected chi connectivity index (χ0v) is 13.6. The SMILES string of the molecule is O=S(=O)(Cl)C1(S(=O)(=O)Cl)C=CC(Oc2ccccc2)=CC1. The largest absolute Gasteiger partial charge is 0.458 e. The van der Waals surface area contributed by atoms with Crippen LogP contribution in [0.4, 0.5) is 0 Å². The lowest BCUT2D eigenvalue weighted by Gasteiger charge is -2.25. The number of ether oxygens (including phenoxy) is 1. The van der Waals surface area contributed by atoms with E-state index >= 15 is 0 Å². The van der Waals surface area contributed by atoms with E-state index < -0.39 is 28.6 Å². The van der Waals surface area contributed by atoms with Crippen molar-refractivity contribution in [2.24, 2.45) is 0 Å². The quantitative estimate of drug-likeness (QED) is 0.763. The highest BCUT2D eigenvalue weighted by molar-refractivity contribution is 8.30. The second-order valence-electron chi connectivity index (χ2n) is 4.25. The third-order valence-corrected chi connectivity index (χ3v) is 8.67.